The molecule has 6 heteroatoms. The smallest absolute Gasteiger partial charge is 0.150 e. The van der Waals surface area contributed by atoms with Crippen LogP contribution >= 0.6 is 12.2 Å². The molecule has 1 fully saturated rings. The Morgan fingerprint density at radius 1 is 1.30 bits per heavy atom. The first kappa shape index (κ1) is 15.1. The Bertz CT molecular complexity index is 457. The minimum absolute atomic E-state index is 0.236. The van der Waals surface area contributed by atoms with Gasteiger partial charge < -0.3 is 10.6 Å². The van der Waals surface area contributed by atoms with Gasteiger partial charge in [0.1, 0.15) is 5.82 Å². The minimum atomic E-state index is 0.236. The van der Waals surface area contributed by atoms with Crippen LogP contribution in [0, 0.1) is 6.92 Å². The van der Waals surface area contributed by atoms with Gasteiger partial charge in [0.2, 0.25) is 0 Å². The molecule has 1 atom stereocenters. The molecular weight excluding hydrogens is 270 g/mol. The fourth-order valence-corrected chi connectivity index (χ4v) is 3.00. The van der Waals surface area contributed by atoms with Gasteiger partial charge in [-0.15, -0.1) is 0 Å². The van der Waals surface area contributed by atoms with Crippen molar-refractivity contribution < 1.29 is 0 Å². The second-order valence-corrected chi connectivity index (χ2v) is 5.67. The molecule has 2 rings (SSSR count). The maximum Gasteiger partial charge on any atom is 0.150 e. The van der Waals surface area contributed by atoms with Gasteiger partial charge in [-0.2, -0.15) is 0 Å². The summed E-state index contributed by atoms with van der Waals surface area (Å²) in [4.78, 5) is 14.1. The van der Waals surface area contributed by atoms with Gasteiger partial charge in [0.25, 0.3) is 0 Å². The first-order chi connectivity index (χ1) is 9.63. The molecule has 1 aromatic heterocycles. The lowest BCUT2D eigenvalue weighted by Crippen LogP contribution is -2.54. The SMILES string of the molecule is CCCC(C(N)=S)N1CCN(c2nccnc2C)CC1. The summed E-state index contributed by atoms with van der Waals surface area (Å²) >= 11 is 5.21. The molecule has 0 aliphatic carbocycles. The average molecular weight is 293 g/mol. The first-order valence-electron chi connectivity index (χ1n) is 7.19. The van der Waals surface area contributed by atoms with Gasteiger partial charge in [-0.1, -0.05) is 25.6 Å². The van der Waals surface area contributed by atoms with Crippen molar-refractivity contribution in [3.05, 3.63) is 18.1 Å². The lowest BCUT2D eigenvalue weighted by atomic mass is 10.1. The van der Waals surface area contributed by atoms with Crippen molar-refractivity contribution in [3.63, 3.8) is 0 Å². The van der Waals surface area contributed by atoms with Crippen LogP contribution in [0.3, 0.4) is 0 Å². The van der Waals surface area contributed by atoms with E-state index in [1.165, 1.54) is 0 Å². The van der Waals surface area contributed by atoms with E-state index in [1.807, 2.05) is 6.92 Å². The molecule has 110 valence electrons. The Kier molecular flexibility index (Phi) is 5.25. The fraction of sp³-hybridized carbons (Fsp3) is 0.643. The normalized spacial score (nSPS) is 18.0. The molecule has 1 aromatic rings. The molecule has 1 aliphatic heterocycles. The third kappa shape index (κ3) is 3.43. The fourth-order valence-electron chi connectivity index (χ4n) is 2.73. The number of hydrogen-bond acceptors (Lipinski definition) is 5. The van der Waals surface area contributed by atoms with E-state index in [0.29, 0.717) is 4.99 Å². The third-order valence-electron chi connectivity index (χ3n) is 3.80. The lowest BCUT2D eigenvalue weighted by molar-refractivity contribution is 0.219. The summed E-state index contributed by atoms with van der Waals surface area (Å²) in [6.45, 7) is 8.01. The molecule has 1 aliphatic rings. The van der Waals surface area contributed by atoms with Crippen LogP contribution in [0.2, 0.25) is 0 Å². The van der Waals surface area contributed by atoms with E-state index < -0.39 is 0 Å². The molecule has 0 amide bonds. The number of aromatic nitrogens is 2. The van der Waals surface area contributed by atoms with E-state index in [0.717, 1.165) is 50.5 Å². The Morgan fingerprint density at radius 2 is 1.95 bits per heavy atom. The number of piperazine rings is 1. The predicted octanol–water partition coefficient (Wildman–Crippen LogP) is 1.36. The Labute approximate surface area is 126 Å². The van der Waals surface area contributed by atoms with Crippen molar-refractivity contribution in [1.29, 1.82) is 0 Å². The number of hydrogen-bond donors (Lipinski definition) is 1. The van der Waals surface area contributed by atoms with Crippen LogP contribution in [0.4, 0.5) is 5.82 Å². The molecule has 1 unspecified atom stereocenters. The predicted molar refractivity (Wildman–Crippen MR) is 86.0 cm³/mol. The average Bonchev–Trinajstić information content (AvgIpc) is 2.45. The summed E-state index contributed by atoms with van der Waals surface area (Å²) in [5.74, 6) is 0.995. The van der Waals surface area contributed by atoms with Gasteiger partial charge in [0.15, 0.2) is 0 Å². The number of nitrogens with two attached hydrogens (primary N) is 1. The Morgan fingerprint density at radius 3 is 2.50 bits per heavy atom. The third-order valence-corrected chi connectivity index (χ3v) is 4.07. The minimum Gasteiger partial charge on any atom is -0.392 e. The van der Waals surface area contributed by atoms with Crippen molar-refractivity contribution in [2.24, 2.45) is 5.73 Å². The van der Waals surface area contributed by atoms with Crippen molar-refractivity contribution in [2.45, 2.75) is 32.7 Å². The van der Waals surface area contributed by atoms with Crippen LogP contribution in [-0.2, 0) is 0 Å². The molecule has 5 nitrogen and oxygen atoms in total. The summed E-state index contributed by atoms with van der Waals surface area (Å²) in [5.41, 5.74) is 6.86. The summed E-state index contributed by atoms with van der Waals surface area (Å²) in [7, 11) is 0. The van der Waals surface area contributed by atoms with E-state index in [9.17, 15) is 0 Å². The summed E-state index contributed by atoms with van der Waals surface area (Å²) in [6, 6.07) is 0.236. The molecule has 1 saturated heterocycles. The van der Waals surface area contributed by atoms with Gasteiger partial charge in [-0.05, 0) is 13.3 Å². The number of thiocarbonyl (C=S) groups is 1. The molecule has 0 spiro atoms. The molecule has 2 heterocycles. The second-order valence-electron chi connectivity index (χ2n) is 5.20. The molecule has 0 saturated carbocycles. The molecule has 0 radical (unpaired) electrons. The highest BCUT2D eigenvalue weighted by atomic mass is 32.1. The van der Waals surface area contributed by atoms with Crippen LogP contribution in [-0.4, -0.2) is 52.1 Å². The zero-order chi connectivity index (χ0) is 14.5. The van der Waals surface area contributed by atoms with Crippen LogP contribution in [0.1, 0.15) is 25.5 Å². The van der Waals surface area contributed by atoms with E-state index >= 15 is 0 Å². The zero-order valence-electron chi connectivity index (χ0n) is 12.2. The molecule has 2 N–H and O–H groups in total. The van der Waals surface area contributed by atoms with Gasteiger partial charge in [0, 0.05) is 38.6 Å². The zero-order valence-corrected chi connectivity index (χ0v) is 13.1. The summed E-state index contributed by atoms with van der Waals surface area (Å²) < 4.78 is 0. The molecule has 20 heavy (non-hydrogen) atoms. The maximum absolute atomic E-state index is 5.88. The number of rotatable bonds is 5. The van der Waals surface area contributed by atoms with Crippen molar-refractivity contribution in [2.75, 3.05) is 31.1 Å². The lowest BCUT2D eigenvalue weighted by Gasteiger charge is -2.39. The van der Waals surface area contributed by atoms with E-state index in [4.69, 9.17) is 18.0 Å². The number of aryl methyl sites for hydroxylation is 1. The highest BCUT2D eigenvalue weighted by molar-refractivity contribution is 7.80. The van der Waals surface area contributed by atoms with Gasteiger partial charge in [0.05, 0.1) is 16.7 Å². The Hall–Kier alpha value is -1.27. The number of nitrogens with zero attached hydrogens (tertiary/aromatic N) is 4. The molecule has 0 aromatic carbocycles. The molecule has 0 bridgehead atoms. The molecular formula is C14H23N5S. The van der Waals surface area contributed by atoms with Crippen LogP contribution < -0.4 is 10.6 Å². The van der Waals surface area contributed by atoms with Gasteiger partial charge in [-0.25, -0.2) is 4.98 Å². The Balaban J connectivity index is 1.98. The topological polar surface area (TPSA) is 58.3 Å². The first-order valence-corrected chi connectivity index (χ1v) is 7.60. The van der Waals surface area contributed by atoms with Crippen molar-refractivity contribution >= 4 is 23.0 Å². The highest BCUT2D eigenvalue weighted by Gasteiger charge is 2.26. The monoisotopic (exact) mass is 293 g/mol. The summed E-state index contributed by atoms with van der Waals surface area (Å²) in [5, 5.41) is 0. The standard InChI is InChI=1S/C14H23N5S/c1-3-4-12(13(15)20)18-7-9-19(10-8-18)14-11(2)16-5-6-17-14/h5-6,12H,3-4,7-10H2,1-2H3,(H2,15,20). The van der Waals surface area contributed by atoms with Crippen LogP contribution in [0.5, 0.6) is 0 Å². The van der Waals surface area contributed by atoms with Gasteiger partial charge >= 0.3 is 0 Å². The largest absolute Gasteiger partial charge is 0.392 e. The second kappa shape index (κ2) is 6.95. The van der Waals surface area contributed by atoms with Crippen LogP contribution in [0.25, 0.3) is 0 Å². The van der Waals surface area contributed by atoms with Crippen molar-refractivity contribution in [3.8, 4) is 0 Å². The highest BCUT2D eigenvalue weighted by Crippen LogP contribution is 2.18. The quantitative estimate of drug-likeness (QED) is 0.827. The van der Waals surface area contributed by atoms with E-state index in [-0.39, 0.29) is 6.04 Å². The van der Waals surface area contributed by atoms with Crippen molar-refractivity contribution in [1.82, 2.24) is 14.9 Å². The number of anilines is 1. The van der Waals surface area contributed by atoms with Crippen LogP contribution in [0.15, 0.2) is 12.4 Å². The van der Waals surface area contributed by atoms with E-state index in [2.05, 4.69) is 26.7 Å². The maximum atomic E-state index is 5.88. The van der Waals surface area contributed by atoms with E-state index in [1.54, 1.807) is 12.4 Å². The van der Waals surface area contributed by atoms with Gasteiger partial charge in [-0.3, -0.25) is 9.88 Å². The summed E-state index contributed by atoms with van der Waals surface area (Å²) in [6.07, 6.45) is 5.63.